The number of nitrogens with zero attached hydrogens (tertiary/aromatic N) is 1. The lowest BCUT2D eigenvalue weighted by atomic mass is 10.1. The molecule has 0 fully saturated rings. The normalized spacial score (nSPS) is 18.4. The molecule has 0 bridgehead atoms. The first-order chi connectivity index (χ1) is 9.72. The van der Waals surface area contributed by atoms with Crippen molar-refractivity contribution in [2.24, 2.45) is 0 Å². The summed E-state index contributed by atoms with van der Waals surface area (Å²) in [6, 6.07) is 10.8. The molecule has 1 aromatic heterocycles. The van der Waals surface area contributed by atoms with E-state index in [-0.39, 0.29) is 12.1 Å². The first-order valence-electron chi connectivity index (χ1n) is 7.12. The quantitative estimate of drug-likeness (QED) is 0.925. The van der Waals surface area contributed by atoms with E-state index in [4.69, 9.17) is 4.74 Å². The molecule has 0 aliphatic carbocycles. The van der Waals surface area contributed by atoms with Crippen molar-refractivity contribution >= 4 is 0 Å². The van der Waals surface area contributed by atoms with Gasteiger partial charge in [-0.2, -0.15) is 0 Å². The van der Waals surface area contributed by atoms with Gasteiger partial charge in [-0.25, -0.2) is 0 Å². The second-order valence-corrected chi connectivity index (χ2v) is 5.47. The van der Waals surface area contributed by atoms with E-state index in [0.717, 1.165) is 18.7 Å². The summed E-state index contributed by atoms with van der Waals surface area (Å²) in [4.78, 5) is 4.16. The molecule has 3 rings (SSSR count). The van der Waals surface area contributed by atoms with E-state index in [2.05, 4.69) is 48.4 Å². The lowest BCUT2D eigenvalue weighted by molar-refractivity contribution is 0.222. The van der Waals surface area contributed by atoms with Gasteiger partial charge in [0, 0.05) is 31.4 Å². The highest BCUT2D eigenvalue weighted by Crippen LogP contribution is 2.29. The van der Waals surface area contributed by atoms with Gasteiger partial charge in [-0.05, 0) is 37.1 Å². The van der Waals surface area contributed by atoms with Crippen molar-refractivity contribution in [1.82, 2.24) is 10.3 Å². The molecule has 0 spiro atoms. The Morgan fingerprint density at radius 3 is 3.10 bits per heavy atom. The fourth-order valence-electron chi connectivity index (χ4n) is 2.62. The van der Waals surface area contributed by atoms with Crippen LogP contribution in [0, 0.1) is 6.92 Å². The third kappa shape index (κ3) is 2.83. The van der Waals surface area contributed by atoms with Crippen LogP contribution in [0.1, 0.15) is 29.7 Å². The van der Waals surface area contributed by atoms with Crippen molar-refractivity contribution in [3.63, 3.8) is 0 Å². The van der Waals surface area contributed by atoms with Gasteiger partial charge in [-0.1, -0.05) is 23.8 Å². The number of hydrogen-bond acceptors (Lipinski definition) is 3. The van der Waals surface area contributed by atoms with Crippen LogP contribution in [0.5, 0.6) is 5.75 Å². The predicted molar refractivity (Wildman–Crippen MR) is 80.0 cm³/mol. The van der Waals surface area contributed by atoms with E-state index in [1.165, 1.54) is 16.7 Å². The zero-order chi connectivity index (χ0) is 13.9. The summed E-state index contributed by atoms with van der Waals surface area (Å²) in [5, 5.41) is 3.53. The van der Waals surface area contributed by atoms with E-state index < -0.39 is 0 Å². The van der Waals surface area contributed by atoms with Crippen LogP contribution in [-0.2, 0) is 6.42 Å². The maximum atomic E-state index is 5.97. The number of aromatic nitrogens is 1. The van der Waals surface area contributed by atoms with Crippen LogP contribution in [0.4, 0.5) is 0 Å². The maximum Gasteiger partial charge on any atom is 0.123 e. The Balaban J connectivity index is 1.56. The van der Waals surface area contributed by atoms with Crippen LogP contribution in [0.2, 0.25) is 0 Å². The minimum atomic E-state index is 0.228. The number of nitrogens with one attached hydrogen (secondary N) is 1. The molecular weight excluding hydrogens is 248 g/mol. The zero-order valence-corrected chi connectivity index (χ0v) is 12.0. The number of aryl methyl sites for hydroxylation is 1. The molecular formula is C17H20N2O. The average molecular weight is 268 g/mol. The molecule has 0 radical (unpaired) electrons. The highest BCUT2D eigenvalue weighted by molar-refractivity contribution is 5.40. The first kappa shape index (κ1) is 13.1. The van der Waals surface area contributed by atoms with Crippen molar-refractivity contribution in [3.05, 3.63) is 59.4 Å². The number of pyridine rings is 1. The van der Waals surface area contributed by atoms with E-state index >= 15 is 0 Å². The largest absolute Gasteiger partial charge is 0.488 e. The zero-order valence-electron chi connectivity index (χ0n) is 12.0. The molecule has 2 heterocycles. The molecule has 3 heteroatoms. The monoisotopic (exact) mass is 268 g/mol. The van der Waals surface area contributed by atoms with E-state index in [1.807, 2.05) is 12.3 Å². The minimum Gasteiger partial charge on any atom is -0.488 e. The van der Waals surface area contributed by atoms with E-state index in [0.29, 0.717) is 0 Å². The van der Waals surface area contributed by atoms with Gasteiger partial charge in [0.15, 0.2) is 0 Å². The molecule has 1 aromatic carbocycles. The summed E-state index contributed by atoms with van der Waals surface area (Å²) >= 11 is 0. The summed E-state index contributed by atoms with van der Waals surface area (Å²) in [7, 11) is 0. The fraction of sp³-hybridized carbons (Fsp3) is 0.353. The minimum absolute atomic E-state index is 0.228. The van der Waals surface area contributed by atoms with Crippen molar-refractivity contribution in [2.45, 2.75) is 32.4 Å². The van der Waals surface area contributed by atoms with Gasteiger partial charge in [0.25, 0.3) is 0 Å². The summed E-state index contributed by atoms with van der Waals surface area (Å²) in [6.45, 7) is 5.13. The Morgan fingerprint density at radius 1 is 1.40 bits per heavy atom. The molecule has 1 aliphatic rings. The Morgan fingerprint density at radius 2 is 2.30 bits per heavy atom. The number of hydrogen-bond donors (Lipinski definition) is 1. The molecule has 3 nitrogen and oxygen atoms in total. The number of fused-ring (bicyclic) bond motifs is 1. The summed E-state index contributed by atoms with van der Waals surface area (Å²) in [6.07, 6.45) is 4.93. The van der Waals surface area contributed by atoms with Crippen LogP contribution in [0.25, 0.3) is 0 Å². The lowest BCUT2D eigenvalue weighted by Crippen LogP contribution is -2.31. The molecule has 1 N–H and O–H groups in total. The topological polar surface area (TPSA) is 34.2 Å². The van der Waals surface area contributed by atoms with Gasteiger partial charge < -0.3 is 10.1 Å². The highest BCUT2D eigenvalue weighted by atomic mass is 16.5. The molecule has 2 aromatic rings. The van der Waals surface area contributed by atoms with Gasteiger partial charge in [-0.15, -0.1) is 0 Å². The van der Waals surface area contributed by atoms with Gasteiger partial charge in [0.1, 0.15) is 11.9 Å². The summed E-state index contributed by atoms with van der Waals surface area (Å²) in [5.41, 5.74) is 3.83. The smallest absolute Gasteiger partial charge is 0.123 e. The predicted octanol–water partition coefficient (Wildman–Crippen LogP) is 3.04. The van der Waals surface area contributed by atoms with Crippen LogP contribution >= 0.6 is 0 Å². The standard InChI is InChI=1S/C17H20N2O/c1-12-5-6-17-15(8-12)9-16(20-17)11-19-13(2)14-4-3-7-18-10-14/h3-8,10,13,16,19H,9,11H2,1-2H3/t13-,16?/m0/s1. The van der Waals surface area contributed by atoms with E-state index in [9.17, 15) is 0 Å². The highest BCUT2D eigenvalue weighted by Gasteiger charge is 2.23. The Kier molecular flexibility index (Phi) is 3.70. The van der Waals surface area contributed by atoms with Gasteiger partial charge in [-0.3, -0.25) is 4.98 Å². The third-order valence-electron chi connectivity index (χ3n) is 3.79. The molecule has 2 atom stereocenters. The second-order valence-electron chi connectivity index (χ2n) is 5.47. The molecule has 1 unspecified atom stereocenters. The molecule has 0 amide bonds. The Labute approximate surface area is 120 Å². The molecule has 104 valence electrons. The summed E-state index contributed by atoms with van der Waals surface area (Å²) < 4.78 is 5.97. The van der Waals surface area contributed by atoms with Gasteiger partial charge >= 0.3 is 0 Å². The number of benzene rings is 1. The second kappa shape index (κ2) is 5.63. The van der Waals surface area contributed by atoms with Crippen LogP contribution in [-0.4, -0.2) is 17.6 Å². The maximum absolute atomic E-state index is 5.97. The van der Waals surface area contributed by atoms with E-state index in [1.54, 1.807) is 6.20 Å². The van der Waals surface area contributed by atoms with Crippen LogP contribution in [0.3, 0.4) is 0 Å². The van der Waals surface area contributed by atoms with Crippen molar-refractivity contribution in [3.8, 4) is 5.75 Å². The fourth-order valence-corrected chi connectivity index (χ4v) is 2.62. The van der Waals surface area contributed by atoms with Crippen LogP contribution < -0.4 is 10.1 Å². The average Bonchev–Trinajstić information content (AvgIpc) is 2.87. The van der Waals surface area contributed by atoms with Crippen molar-refractivity contribution in [1.29, 1.82) is 0 Å². The SMILES string of the molecule is Cc1ccc2c(c1)CC(CN[C@@H](C)c1cccnc1)O2. The molecule has 20 heavy (non-hydrogen) atoms. The Hall–Kier alpha value is -1.87. The van der Waals surface area contributed by atoms with Crippen molar-refractivity contribution < 1.29 is 4.74 Å². The van der Waals surface area contributed by atoms with Gasteiger partial charge in [0.2, 0.25) is 0 Å². The lowest BCUT2D eigenvalue weighted by Gasteiger charge is -2.17. The summed E-state index contributed by atoms with van der Waals surface area (Å²) in [5.74, 6) is 1.04. The Bertz CT molecular complexity index is 583. The first-order valence-corrected chi connectivity index (χ1v) is 7.12. The number of ether oxygens (including phenoxy) is 1. The number of rotatable bonds is 4. The van der Waals surface area contributed by atoms with Crippen LogP contribution in [0.15, 0.2) is 42.7 Å². The van der Waals surface area contributed by atoms with Gasteiger partial charge in [0.05, 0.1) is 0 Å². The molecule has 0 saturated carbocycles. The molecule has 0 saturated heterocycles. The molecule has 1 aliphatic heterocycles. The third-order valence-corrected chi connectivity index (χ3v) is 3.79. The van der Waals surface area contributed by atoms with Crippen molar-refractivity contribution in [2.75, 3.05) is 6.54 Å².